The number of aliphatic hydroxyl groups is 1. The normalized spacial score (nSPS) is 23.9. The summed E-state index contributed by atoms with van der Waals surface area (Å²) >= 11 is 4.51. The van der Waals surface area contributed by atoms with Gasteiger partial charge in [-0.25, -0.2) is 13.1 Å². The van der Waals surface area contributed by atoms with Crippen LogP contribution in [0.3, 0.4) is 0 Å². The maximum atomic E-state index is 12.3. The van der Waals surface area contributed by atoms with Crippen molar-refractivity contribution in [1.82, 2.24) is 4.72 Å². The van der Waals surface area contributed by atoms with E-state index in [1.807, 2.05) is 0 Å². The highest BCUT2D eigenvalue weighted by Gasteiger charge is 2.24. The molecule has 0 saturated heterocycles. The number of aliphatic hydroxyl groups excluding tert-OH is 1. The maximum Gasteiger partial charge on any atom is 0.242 e. The molecule has 1 aromatic heterocycles. The van der Waals surface area contributed by atoms with Crippen LogP contribution in [-0.4, -0.2) is 20.1 Å². The molecular weight excluding hydrogens is 362 g/mol. The average molecular weight is 382 g/mol. The number of hydrogen-bond donors (Lipinski definition) is 2. The second kappa shape index (κ2) is 6.87. The van der Waals surface area contributed by atoms with Crippen LogP contribution in [0.1, 0.15) is 37.5 Å². The van der Waals surface area contributed by atoms with Crippen molar-refractivity contribution in [2.24, 2.45) is 11.8 Å². The van der Waals surface area contributed by atoms with Gasteiger partial charge < -0.3 is 5.11 Å². The SMILES string of the molecule is CC1CCCC(CNS(=O)(=O)c2cc(CO)sc2Br)C1. The minimum absolute atomic E-state index is 0.140. The van der Waals surface area contributed by atoms with E-state index in [2.05, 4.69) is 27.6 Å². The van der Waals surface area contributed by atoms with Crippen molar-refractivity contribution in [1.29, 1.82) is 0 Å². The van der Waals surface area contributed by atoms with Crippen LogP contribution in [0.4, 0.5) is 0 Å². The van der Waals surface area contributed by atoms with Crippen LogP contribution in [0.15, 0.2) is 14.7 Å². The zero-order valence-corrected chi connectivity index (χ0v) is 14.7. The molecule has 0 aliphatic heterocycles. The highest BCUT2D eigenvalue weighted by Crippen LogP contribution is 2.32. The maximum absolute atomic E-state index is 12.3. The zero-order chi connectivity index (χ0) is 14.8. The highest BCUT2D eigenvalue weighted by molar-refractivity contribution is 9.11. The van der Waals surface area contributed by atoms with Gasteiger partial charge in [0.05, 0.1) is 10.4 Å². The van der Waals surface area contributed by atoms with Crippen LogP contribution in [0.5, 0.6) is 0 Å². The molecule has 20 heavy (non-hydrogen) atoms. The van der Waals surface area contributed by atoms with Crippen molar-refractivity contribution in [3.8, 4) is 0 Å². The molecule has 0 amide bonds. The number of sulfonamides is 1. The minimum atomic E-state index is -3.49. The third kappa shape index (κ3) is 4.04. The van der Waals surface area contributed by atoms with Gasteiger partial charge in [-0.05, 0) is 46.7 Å². The van der Waals surface area contributed by atoms with Crippen molar-refractivity contribution in [2.75, 3.05) is 6.54 Å². The predicted octanol–water partition coefficient (Wildman–Crippen LogP) is 3.11. The summed E-state index contributed by atoms with van der Waals surface area (Å²) in [6.45, 7) is 2.59. The summed E-state index contributed by atoms with van der Waals surface area (Å²) in [7, 11) is -3.49. The van der Waals surface area contributed by atoms with Gasteiger partial charge in [0.25, 0.3) is 0 Å². The van der Waals surface area contributed by atoms with Gasteiger partial charge in [-0.2, -0.15) is 0 Å². The molecule has 2 N–H and O–H groups in total. The third-order valence-corrected chi connectivity index (χ3v) is 7.42. The standard InChI is InChI=1S/C13H20BrNO3S2/c1-9-3-2-4-10(5-9)7-15-20(17,18)12-6-11(8-16)19-13(12)14/h6,9-10,15-16H,2-5,7-8H2,1H3. The molecular formula is C13H20BrNO3S2. The van der Waals surface area contributed by atoms with Crippen LogP contribution in [0, 0.1) is 11.8 Å². The molecule has 4 nitrogen and oxygen atoms in total. The molecule has 0 bridgehead atoms. The van der Waals surface area contributed by atoms with E-state index in [4.69, 9.17) is 5.11 Å². The molecule has 1 aliphatic rings. The molecule has 0 spiro atoms. The summed E-state index contributed by atoms with van der Waals surface area (Å²) < 4.78 is 27.8. The minimum Gasteiger partial charge on any atom is -0.391 e. The lowest BCUT2D eigenvalue weighted by molar-refractivity contribution is 0.283. The fourth-order valence-corrected chi connectivity index (χ4v) is 6.37. The molecule has 0 aromatic carbocycles. The Morgan fingerprint density at radius 2 is 2.25 bits per heavy atom. The molecule has 0 radical (unpaired) electrons. The first-order valence-corrected chi connectivity index (χ1v) is 9.90. The molecule has 1 heterocycles. The van der Waals surface area contributed by atoms with Crippen LogP contribution in [0.25, 0.3) is 0 Å². The molecule has 1 aliphatic carbocycles. The molecule has 7 heteroatoms. The van der Waals surface area contributed by atoms with Gasteiger partial charge in [0, 0.05) is 11.4 Å². The summed E-state index contributed by atoms with van der Waals surface area (Å²) in [6, 6.07) is 1.53. The molecule has 1 fully saturated rings. The van der Waals surface area contributed by atoms with E-state index in [-0.39, 0.29) is 11.5 Å². The second-order valence-electron chi connectivity index (χ2n) is 5.50. The van der Waals surface area contributed by atoms with E-state index in [0.717, 1.165) is 12.8 Å². The Labute approximate surface area is 132 Å². The van der Waals surface area contributed by atoms with E-state index >= 15 is 0 Å². The quantitative estimate of drug-likeness (QED) is 0.823. The topological polar surface area (TPSA) is 66.4 Å². The predicted molar refractivity (Wildman–Crippen MR) is 84.3 cm³/mol. The fourth-order valence-electron chi connectivity index (χ4n) is 2.71. The summed E-state index contributed by atoms with van der Waals surface area (Å²) in [5, 5.41) is 9.08. The van der Waals surface area contributed by atoms with Gasteiger partial charge >= 0.3 is 0 Å². The first-order valence-electron chi connectivity index (χ1n) is 6.81. The first kappa shape index (κ1) is 16.4. The van der Waals surface area contributed by atoms with Gasteiger partial charge in [-0.3, -0.25) is 0 Å². The number of thiophene rings is 1. The van der Waals surface area contributed by atoms with Crippen LogP contribution in [0.2, 0.25) is 0 Å². The molecule has 2 atom stereocenters. The smallest absolute Gasteiger partial charge is 0.242 e. The van der Waals surface area contributed by atoms with E-state index < -0.39 is 10.0 Å². The lowest BCUT2D eigenvalue weighted by atomic mass is 9.83. The molecule has 2 rings (SSSR count). The van der Waals surface area contributed by atoms with Gasteiger partial charge in [-0.1, -0.05) is 19.8 Å². The number of rotatable bonds is 5. The van der Waals surface area contributed by atoms with E-state index in [9.17, 15) is 8.42 Å². The number of hydrogen-bond acceptors (Lipinski definition) is 4. The Morgan fingerprint density at radius 1 is 1.50 bits per heavy atom. The van der Waals surface area contributed by atoms with Crippen molar-refractivity contribution in [3.05, 3.63) is 14.7 Å². The Hall–Kier alpha value is 0.0500. The Kier molecular flexibility index (Phi) is 5.64. The summed E-state index contributed by atoms with van der Waals surface area (Å²) in [6.07, 6.45) is 4.62. The second-order valence-corrected chi connectivity index (χ2v) is 9.69. The van der Waals surface area contributed by atoms with Crippen molar-refractivity contribution >= 4 is 37.3 Å². The Morgan fingerprint density at radius 3 is 2.85 bits per heavy atom. The van der Waals surface area contributed by atoms with Crippen molar-refractivity contribution < 1.29 is 13.5 Å². The monoisotopic (exact) mass is 381 g/mol. The molecule has 2 unspecified atom stereocenters. The largest absolute Gasteiger partial charge is 0.391 e. The Balaban J connectivity index is 2.01. The van der Waals surface area contributed by atoms with Gasteiger partial charge in [0.1, 0.15) is 4.90 Å². The van der Waals surface area contributed by atoms with E-state index in [1.54, 1.807) is 0 Å². The Bertz CT molecular complexity index is 556. The van der Waals surface area contributed by atoms with E-state index in [0.29, 0.717) is 27.0 Å². The molecule has 114 valence electrons. The highest BCUT2D eigenvalue weighted by atomic mass is 79.9. The third-order valence-electron chi connectivity index (χ3n) is 3.76. The average Bonchev–Trinajstić information content (AvgIpc) is 2.79. The first-order chi connectivity index (χ1) is 9.42. The van der Waals surface area contributed by atoms with Crippen LogP contribution < -0.4 is 4.72 Å². The summed E-state index contributed by atoms with van der Waals surface area (Å²) in [5.74, 6) is 1.12. The van der Waals surface area contributed by atoms with Gasteiger partial charge in [-0.15, -0.1) is 11.3 Å². The van der Waals surface area contributed by atoms with Crippen LogP contribution >= 0.6 is 27.3 Å². The molecule has 1 aromatic rings. The summed E-state index contributed by atoms with van der Waals surface area (Å²) in [5.41, 5.74) is 0. The van der Waals surface area contributed by atoms with E-state index in [1.165, 1.54) is 30.2 Å². The lowest BCUT2D eigenvalue weighted by Crippen LogP contribution is -2.31. The summed E-state index contributed by atoms with van der Waals surface area (Å²) in [4.78, 5) is 0.874. The number of halogens is 1. The number of nitrogens with one attached hydrogen (secondary N) is 1. The fraction of sp³-hybridized carbons (Fsp3) is 0.692. The van der Waals surface area contributed by atoms with Crippen molar-refractivity contribution in [3.63, 3.8) is 0 Å². The van der Waals surface area contributed by atoms with Crippen LogP contribution in [-0.2, 0) is 16.6 Å². The molecule has 1 saturated carbocycles. The van der Waals surface area contributed by atoms with Crippen molar-refractivity contribution in [2.45, 2.75) is 44.1 Å². The van der Waals surface area contributed by atoms with Gasteiger partial charge in [0.2, 0.25) is 10.0 Å². The lowest BCUT2D eigenvalue weighted by Gasteiger charge is -2.26. The zero-order valence-electron chi connectivity index (χ0n) is 11.4. The van der Waals surface area contributed by atoms with Gasteiger partial charge in [0.15, 0.2) is 0 Å².